The van der Waals surface area contributed by atoms with Crippen LogP contribution in [0.3, 0.4) is 0 Å². The number of halogens is 3. The van der Waals surface area contributed by atoms with Gasteiger partial charge in [0.25, 0.3) is 0 Å². The second-order valence-electron chi connectivity index (χ2n) is 3.79. The van der Waals surface area contributed by atoms with Gasteiger partial charge in [-0.25, -0.2) is 4.98 Å². The largest absolute Gasteiger partial charge is 0.548 e. The smallest absolute Gasteiger partial charge is 0.449 e. The monoisotopic (exact) mass is 257 g/mol. The van der Waals surface area contributed by atoms with Crippen LogP contribution in [0.1, 0.15) is 18.8 Å². The van der Waals surface area contributed by atoms with Gasteiger partial charge >= 0.3 is 6.18 Å². The lowest BCUT2D eigenvalue weighted by Crippen LogP contribution is -2.33. The quantitative estimate of drug-likeness (QED) is 0.816. The molecule has 1 atom stereocenters. The van der Waals surface area contributed by atoms with E-state index >= 15 is 0 Å². The molecule has 0 bridgehead atoms. The van der Waals surface area contributed by atoms with Crippen molar-refractivity contribution in [3.8, 4) is 0 Å². The van der Waals surface area contributed by atoms with Gasteiger partial charge in [0.05, 0.1) is 23.0 Å². The van der Waals surface area contributed by atoms with E-state index in [-0.39, 0.29) is 11.0 Å². The number of para-hydroxylation sites is 2. The molecule has 1 heterocycles. The number of imidazole rings is 1. The summed E-state index contributed by atoms with van der Waals surface area (Å²) in [6.45, 7) is 1.12. The highest BCUT2D eigenvalue weighted by atomic mass is 19.4. The number of carbonyl (C=O) groups is 1. The van der Waals surface area contributed by atoms with E-state index in [1.165, 1.54) is 24.3 Å². The van der Waals surface area contributed by atoms with Crippen LogP contribution in [0.2, 0.25) is 0 Å². The lowest BCUT2D eigenvalue weighted by molar-refractivity contribution is -0.309. The molecule has 2 aromatic rings. The van der Waals surface area contributed by atoms with Crippen molar-refractivity contribution >= 4 is 17.0 Å². The average Bonchev–Trinajstić information content (AvgIpc) is 2.66. The first-order valence-corrected chi connectivity index (χ1v) is 5.07. The summed E-state index contributed by atoms with van der Waals surface area (Å²) in [6.07, 6.45) is -4.72. The van der Waals surface area contributed by atoms with Crippen molar-refractivity contribution in [3.05, 3.63) is 30.1 Å². The molecule has 96 valence electrons. The van der Waals surface area contributed by atoms with E-state index < -0.39 is 24.0 Å². The Morgan fingerprint density at radius 3 is 2.56 bits per heavy atom. The number of carboxylic acids is 1. The Morgan fingerprint density at radius 1 is 1.39 bits per heavy atom. The number of fused-ring (bicyclic) bond motifs is 1. The first kappa shape index (κ1) is 12.4. The van der Waals surface area contributed by atoms with E-state index in [9.17, 15) is 23.1 Å². The molecule has 0 unspecified atom stereocenters. The van der Waals surface area contributed by atoms with Crippen molar-refractivity contribution < 1.29 is 23.1 Å². The lowest BCUT2D eigenvalue weighted by Gasteiger charge is -2.19. The number of nitrogens with zero attached hydrogens (tertiary/aromatic N) is 2. The Bertz CT molecular complexity index is 604. The fraction of sp³-hybridized carbons (Fsp3) is 0.273. The fourth-order valence-corrected chi connectivity index (χ4v) is 1.74. The Morgan fingerprint density at radius 2 is 2.00 bits per heavy atom. The molecular weight excluding hydrogens is 249 g/mol. The summed E-state index contributed by atoms with van der Waals surface area (Å²) in [7, 11) is 0. The van der Waals surface area contributed by atoms with E-state index in [1.54, 1.807) is 0 Å². The van der Waals surface area contributed by atoms with Gasteiger partial charge in [0.1, 0.15) is 0 Å². The molecule has 18 heavy (non-hydrogen) atoms. The molecule has 0 aliphatic carbocycles. The van der Waals surface area contributed by atoms with Crippen LogP contribution in [0.4, 0.5) is 13.2 Å². The first-order valence-electron chi connectivity index (χ1n) is 5.07. The summed E-state index contributed by atoms with van der Waals surface area (Å²) in [5, 5.41) is 10.8. The van der Waals surface area contributed by atoms with Crippen molar-refractivity contribution in [1.29, 1.82) is 0 Å². The van der Waals surface area contributed by atoms with Crippen LogP contribution in [0, 0.1) is 0 Å². The summed E-state index contributed by atoms with van der Waals surface area (Å²) in [6, 6.07) is 4.38. The normalized spacial score (nSPS) is 13.8. The van der Waals surface area contributed by atoms with Crippen LogP contribution >= 0.6 is 0 Å². The summed E-state index contributed by atoms with van der Waals surface area (Å²) < 4.78 is 39.1. The summed E-state index contributed by atoms with van der Waals surface area (Å²) in [5.41, 5.74) is 0.208. The van der Waals surface area contributed by atoms with Crippen LogP contribution in [0.25, 0.3) is 11.0 Å². The Labute approximate surface area is 99.7 Å². The van der Waals surface area contributed by atoms with Crippen molar-refractivity contribution in [2.45, 2.75) is 19.1 Å². The third-order valence-corrected chi connectivity index (χ3v) is 2.58. The van der Waals surface area contributed by atoms with Crippen LogP contribution in [0.15, 0.2) is 24.3 Å². The maximum absolute atomic E-state index is 12.8. The third kappa shape index (κ3) is 1.92. The molecule has 0 saturated carbocycles. The number of hydrogen-bond donors (Lipinski definition) is 0. The number of carboxylic acid groups (broad SMARTS) is 1. The molecule has 0 amide bonds. The van der Waals surface area contributed by atoms with Gasteiger partial charge in [0.2, 0.25) is 5.82 Å². The highest BCUT2D eigenvalue weighted by Gasteiger charge is 2.38. The molecular formula is C11H8F3N2O2-. The lowest BCUT2D eigenvalue weighted by atomic mass is 10.2. The van der Waals surface area contributed by atoms with Crippen molar-refractivity contribution in [2.24, 2.45) is 0 Å². The predicted molar refractivity (Wildman–Crippen MR) is 54.5 cm³/mol. The third-order valence-electron chi connectivity index (χ3n) is 2.58. The second-order valence-corrected chi connectivity index (χ2v) is 3.79. The highest BCUT2D eigenvalue weighted by Crippen LogP contribution is 2.33. The fourth-order valence-electron chi connectivity index (χ4n) is 1.74. The van der Waals surface area contributed by atoms with E-state index in [2.05, 4.69) is 4.98 Å². The minimum atomic E-state index is -4.72. The molecule has 1 aromatic carbocycles. The van der Waals surface area contributed by atoms with Crippen LogP contribution in [-0.2, 0) is 11.0 Å². The van der Waals surface area contributed by atoms with Crippen molar-refractivity contribution in [2.75, 3.05) is 0 Å². The zero-order chi connectivity index (χ0) is 13.5. The molecule has 7 heteroatoms. The summed E-state index contributed by atoms with van der Waals surface area (Å²) in [4.78, 5) is 14.2. The van der Waals surface area contributed by atoms with Gasteiger partial charge in [-0.2, -0.15) is 13.2 Å². The molecule has 0 spiro atoms. The van der Waals surface area contributed by atoms with E-state index in [1.807, 2.05) is 0 Å². The topological polar surface area (TPSA) is 57.9 Å². The maximum atomic E-state index is 12.8. The molecule has 0 saturated heterocycles. The second kappa shape index (κ2) is 4.01. The summed E-state index contributed by atoms with van der Waals surface area (Å²) in [5.74, 6) is -2.83. The Balaban J connectivity index is 2.77. The number of aromatic nitrogens is 2. The van der Waals surface area contributed by atoms with Crippen LogP contribution < -0.4 is 5.11 Å². The maximum Gasteiger partial charge on any atom is 0.449 e. The van der Waals surface area contributed by atoms with E-state index in [4.69, 9.17) is 0 Å². The standard InChI is InChI=1S/C11H9F3N2O2/c1-6(9(17)18)16-8-5-3-2-4-7(8)15-10(16)11(12,13)14/h2-6H,1H3,(H,17,18)/p-1/t6-/m1/s1. The number of alkyl halides is 3. The van der Waals surface area contributed by atoms with E-state index in [0.29, 0.717) is 4.57 Å². The SMILES string of the molecule is C[C@H](C(=O)[O-])n1c(C(F)(F)F)nc2ccccc21. The van der Waals surface area contributed by atoms with Crippen molar-refractivity contribution in [3.63, 3.8) is 0 Å². The molecule has 0 fully saturated rings. The van der Waals surface area contributed by atoms with Gasteiger partial charge in [0.15, 0.2) is 0 Å². The first-order chi connectivity index (χ1) is 8.32. The number of carbonyl (C=O) groups excluding carboxylic acids is 1. The highest BCUT2D eigenvalue weighted by molar-refractivity contribution is 5.79. The zero-order valence-electron chi connectivity index (χ0n) is 9.23. The molecule has 4 nitrogen and oxygen atoms in total. The molecule has 0 N–H and O–H groups in total. The minimum absolute atomic E-state index is 0.0953. The number of hydrogen-bond acceptors (Lipinski definition) is 3. The average molecular weight is 257 g/mol. The van der Waals surface area contributed by atoms with Gasteiger partial charge in [-0.3, -0.25) is 0 Å². The van der Waals surface area contributed by atoms with E-state index in [0.717, 1.165) is 6.92 Å². The molecule has 1 aromatic heterocycles. The minimum Gasteiger partial charge on any atom is -0.548 e. The van der Waals surface area contributed by atoms with Gasteiger partial charge in [-0.15, -0.1) is 0 Å². The number of aliphatic carboxylic acids is 1. The van der Waals surface area contributed by atoms with Gasteiger partial charge in [-0.05, 0) is 19.1 Å². The van der Waals surface area contributed by atoms with Gasteiger partial charge in [0, 0.05) is 0 Å². The number of benzene rings is 1. The Hall–Kier alpha value is -2.05. The molecule has 2 rings (SSSR count). The van der Waals surface area contributed by atoms with Gasteiger partial charge < -0.3 is 14.5 Å². The predicted octanol–water partition coefficient (Wildman–Crippen LogP) is 1.37. The summed E-state index contributed by atoms with van der Waals surface area (Å²) >= 11 is 0. The molecule has 0 aliphatic rings. The van der Waals surface area contributed by atoms with Crippen molar-refractivity contribution in [1.82, 2.24) is 9.55 Å². The number of rotatable bonds is 2. The Kier molecular flexibility index (Phi) is 2.76. The van der Waals surface area contributed by atoms with Crippen LogP contribution in [0.5, 0.6) is 0 Å². The zero-order valence-corrected chi connectivity index (χ0v) is 9.23. The van der Waals surface area contributed by atoms with Crippen LogP contribution in [-0.4, -0.2) is 15.5 Å². The molecule has 0 radical (unpaired) electrons. The molecule has 0 aliphatic heterocycles. The van der Waals surface area contributed by atoms with Gasteiger partial charge in [-0.1, -0.05) is 12.1 Å².